The predicted octanol–water partition coefficient (Wildman–Crippen LogP) is 4.61. The highest BCUT2D eigenvalue weighted by atomic mass is 19.4. The van der Waals surface area contributed by atoms with Crippen molar-refractivity contribution < 1.29 is 27.4 Å². The summed E-state index contributed by atoms with van der Waals surface area (Å²) in [5.41, 5.74) is 0.502. The van der Waals surface area contributed by atoms with E-state index in [1.54, 1.807) is 43.6 Å². The van der Waals surface area contributed by atoms with Crippen LogP contribution in [0, 0.1) is 6.92 Å². The number of nitrogens with zero attached hydrogens (tertiary/aromatic N) is 2. The van der Waals surface area contributed by atoms with Crippen molar-refractivity contribution in [3.8, 4) is 17.5 Å². The number of carbonyl (C=O) groups excluding carboxylic acids is 1. The van der Waals surface area contributed by atoms with Crippen molar-refractivity contribution in [3.05, 3.63) is 72.1 Å². The van der Waals surface area contributed by atoms with Crippen LogP contribution in [-0.4, -0.2) is 22.5 Å². The minimum Gasteiger partial charge on any atom is -0.484 e. The molecule has 0 radical (unpaired) electrons. The number of aromatic nitrogens is 2. The molecule has 3 rings (SSSR count). The normalized spacial score (nSPS) is 11.0. The topological polar surface area (TPSA) is 73.3 Å². The van der Waals surface area contributed by atoms with Gasteiger partial charge in [0.25, 0.3) is 5.91 Å². The van der Waals surface area contributed by atoms with Gasteiger partial charge in [-0.1, -0.05) is 0 Å². The highest BCUT2D eigenvalue weighted by molar-refractivity contribution is 5.92. The van der Waals surface area contributed by atoms with E-state index in [2.05, 4.69) is 15.3 Å². The first-order valence-electron chi connectivity index (χ1n) is 8.47. The molecule has 0 fully saturated rings. The van der Waals surface area contributed by atoms with Crippen molar-refractivity contribution >= 4 is 11.6 Å². The fraction of sp³-hybridized carbons (Fsp3) is 0.150. The molecule has 0 saturated carbocycles. The van der Waals surface area contributed by atoms with Gasteiger partial charge in [0.05, 0.1) is 5.56 Å². The molecule has 1 N–H and O–H groups in total. The second-order valence-corrected chi connectivity index (χ2v) is 5.97. The van der Waals surface area contributed by atoms with Crippen LogP contribution in [0.1, 0.15) is 11.1 Å². The molecule has 0 aliphatic rings. The van der Waals surface area contributed by atoms with E-state index in [1.807, 2.05) is 0 Å². The molecule has 150 valence electrons. The Morgan fingerprint density at radius 1 is 1.03 bits per heavy atom. The van der Waals surface area contributed by atoms with Gasteiger partial charge in [0.15, 0.2) is 6.61 Å². The Morgan fingerprint density at radius 3 is 2.31 bits per heavy atom. The first-order chi connectivity index (χ1) is 13.8. The molecule has 29 heavy (non-hydrogen) atoms. The molecular weight excluding hydrogens is 387 g/mol. The summed E-state index contributed by atoms with van der Waals surface area (Å²) >= 11 is 0. The summed E-state index contributed by atoms with van der Waals surface area (Å²) in [4.78, 5) is 20.0. The minimum absolute atomic E-state index is 0.163. The van der Waals surface area contributed by atoms with Crippen LogP contribution in [0.15, 0.2) is 60.9 Å². The van der Waals surface area contributed by atoms with Crippen molar-refractivity contribution in [1.29, 1.82) is 0 Å². The van der Waals surface area contributed by atoms with E-state index in [-0.39, 0.29) is 18.4 Å². The third kappa shape index (κ3) is 5.68. The van der Waals surface area contributed by atoms with Crippen LogP contribution in [0.25, 0.3) is 0 Å². The number of amides is 1. The molecule has 0 saturated heterocycles. The number of halogens is 3. The average Bonchev–Trinajstić information content (AvgIpc) is 2.69. The van der Waals surface area contributed by atoms with E-state index >= 15 is 0 Å². The maximum atomic E-state index is 12.5. The Balaban J connectivity index is 1.55. The lowest BCUT2D eigenvalue weighted by Gasteiger charge is -2.12. The highest BCUT2D eigenvalue weighted by Crippen LogP contribution is 2.30. The van der Waals surface area contributed by atoms with E-state index in [4.69, 9.17) is 9.47 Å². The quantitative estimate of drug-likeness (QED) is 0.651. The Bertz CT molecular complexity index is 978. The second kappa shape index (κ2) is 8.59. The van der Waals surface area contributed by atoms with Gasteiger partial charge in [-0.15, -0.1) is 0 Å². The summed E-state index contributed by atoms with van der Waals surface area (Å²) in [6.07, 6.45) is -1.31. The Kier molecular flexibility index (Phi) is 5.96. The number of benzene rings is 2. The summed E-state index contributed by atoms with van der Waals surface area (Å²) in [7, 11) is 0. The van der Waals surface area contributed by atoms with Gasteiger partial charge in [-0.05, 0) is 61.0 Å². The molecular formula is C20H16F3N3O3. The molecule has 1 heterocycles. The second-order valence-electron chi connectivity index (χ2n) is 5.97. The van der Waals surface area contributed by atoms with Crippen LogP contribution in [0.2, 0.25) is 0 Å². The molecule has 0 aliphatic carbocycles. The van der Waals surface area contributed by atoms with Crippen LogP contribution in [0.4, 0.5) is 18.9 Å². The van der Waals surface area contributed by atoms with Crippen molar-refractivity contribution in [2.75, 3.05) is 11.9 Å². The molecule has 0 spiro atoms. The van der Waals surface area contributed by atoms with Crippen LogP contribution in [0.3, 0.4) is 0 Å². The fourth-order valence-corrected chi connectivity index (χ4v) is 2.36. The lowest BCUT2D eigenvalue weighted by molar-refractivity contribution is -0.137. The van der Waals surface area contributed by atoms with Crippen molar-refractivity contribution in [2.45, 2.75) is 13.1 Å². The lowest BCUT2D eigenvalue weighted by Crippen LogP contribution is -2.20. The Morgan fingerprint density at radius 2 is 1.69 bits per heavy atom. The van der Waals surface area contributed by atoms with E-state index in [0.29, 0.717) is 11.4 Å². The molecule has 6 nitrogen and oxygen atoms in total. The van der Waals surface area contributed by atoms with Crippen LogP contribution < -0.4 is 14.8 Å². The zero-order valence-electron chi connectivity index (χ0n) is 15.2. The van der Waals surface area contributed by atoms with Gasteiger partial charge in [-0.2, -0.15) is 13.2 Å². The summed E-state index contributed by atoms with van der Waals surface area (Å²) in [6, 6.07) is 11.0. The summed E-state index contributed by atoms with van der Waals surface area (Å²) in [5.74, 6) is 0.220. The van der Waals surface area contributed by atoms with Crippen LogP contribution >= 0.6 is 0 Å². The van der Waals surface area contributed by atoms with Gasteiger partial charge in [0, 0.05) is 18.1 Å². The first-order valence-corrected chi connectivity index (χ1v) is 8.47. The number of carbonyl (C=O) groups is 1. The maximum Gasteiger partial charge on any atom is 0.416 e. The van der Waals surface area contributed by atoms with Crippen LogP contribution in [-0.2, 0) is 11.0 Å². The zero-order chi connectivity index (χ0) is 20.9. The lowest BCUT2D eigenvalue weighted by atomic mass is 10.2. The number of nitrogens with one attached hydrogen (secondary N) is 1. The molecule has 0 atom stereocenters. The monoisotopic (exact) mass is 403 g/mol. The van der Waals surface area contributed by atoms with E-state index < -0.39 is 17.6 Å². The van der Waals surface area contributed by atoms with Gasteiger partial charge >= 0.3 is 12.2 Å². The molecule has 9 heteroatoms. The molecule has 0 unspecified atom stereocenters. The largest absolute Gasteiger partial charge is 0.484 e. The van der Waals surface area contributed by atoms with E-state index in [9.17, 15) is 18.0 Å². The third-order valence-corrected chi connectivity index (χ3v) is 3.77. The van der Waals surface area contributed by atoms with Crippen molar-refractivity contribution in [2.24, 2.45) is 0 Å². The highest BCUT2D eigenvalue weighted by Gasteiger charge is 2.30. The first kappa shape index (κ1) is 20.1. The van der Waals surface area contributed by atoms with Gasteiger partial charge in [-0.3, -0.25) is 4.79 Å². The number of aryl methyl sites for hydroxylation is 1. The zero-order valence-corrected chi connectivity index (χ0v) is 15.2. The van der Waals surface area contributed by atoms with Crippen LogP contribution in [0.5, 0.6) is 17.5 Å². The van der Waals surface area contributed by atoms with Crippen molar-refractivity contribution in [3.63, 3.8) is 0 Å². The molecule has 3 aromatic rings. The molecule has 0 aliphatic heterocycles. The number of hydrogen-bond acceptors (Lipinski definition) is 5. The number of alkyl halides is 3. The number of anilines is 1. The predicted molar refractivity (Wildman–Crippen MR) is 98.9 cm³/mol. The SMILES string of the molecule is Cc1cc(Oc2ncccn2)ccc1NC(=O)COc1ccc(C(F)(F)F)cc1. The number of hydrogen-bond donors (Lipinski definition) is 1. The minimum atomic E-state index is -4.42. The summed E-state index contributed by atoms with van der Waals surface area (Å²) in [6.45, 7) is 1.44. The Labute approximate surface area is 164 Å². The molecule has 1 aromatic heterocycles. The third-order valence-electron chi connectivity index (χ3n) is 3.77. The summed E-state index contributed by atoms with van der Waals surface area (Å²) < 4.78 is 48.4. The fourth-order valence-electron chi connectivity index (χ4n) is 2.36. The van der Waals surface area contributed by atoms with Gasteiger partial charge < -0.3 is 14.8 Å². The molecule has 1 amide bonds. The molecule has 2 aromatic carbocycles. The average molecular weight is 403 g/mol. The van der Waals surface area contributed by atoms with E-state index in [1.165, 1.54) is 12.1 Å². The Hall–Kier alpha value is -3.62. The summed E-state index contributed by atoms with van der Waals surface area (Å²) in [5, 5.41) is 2.68. The van der Waals surface area contributed by atoms with Gasteiger partial charge in [0.1, 0.15) is 11.5 Å². The van der Waals surface area contributed by atoms with Crippen molar-refractivity contribution in [1.82, 2.24) is 9.97 Å². The number of ether oxygens (including phenoxy) is 2. The number of rotatable bonds is 6. The van der Waals surface area contributed by atoms with Gasteiger partial charge in [0.2, 0.25) is 0 Å². The smallest absolute Gasteiger partial charge is 0.416 e. The maximum absolute atomic E-state index is 12.5. The standard InChI is InChI=1S/C20H16F3N3O3/c1-13-11-16(29-19-24-9-2-10-25-19)7-8-17(13)26-18(27)12-28-15-5-3-14(4-6-15)20(21,22)23/h2-11H,12H2,1H3,(H,26,27). The molecule has 0 bridgehead atoms. The van der Waals surface area contributed by atoms with Gasteiger partial charge in [-0.25, -0.2) is 9.97 Å². The van der Waals surface area contributed by atoms with E-state index in [0.717, 1.165) is 17.7 Å².